The highest BCUT2D eigenvalue weighted by molar-refractivity contribution is 7.80. The molecule has 0 saturated heterocycles. The Morgan fingerprint density at radius 3 is 2.25 bits per heavy atom. The number of nitrogens with two attached hydrogens (primary N) is 1. The lowest BCUT2D eigenvalue weighted by Gasteiger charge is -2.33. The van der Waals surface area contributed by atoms with Crippen molar-refractivity contribution in [3.8, 4) is 0 Å². The van der Waals surface area contributed by atoms with Crippen molar-refractivity contribution in [2.75, 3.05) is 0 Å². The molecule has 1 rings (SSSR count). The van der Waals surface area contributed by atoms with Crippen LogP contribution in [0, 0.1) is 0 Å². The summed E-state index contributed by atoms with van der Waals surface area (Å²) in [6, 6.07) is 0. The van der Waals surface area contributed by atoms with Crippen molar-refractivity contribution < 1.29 is 4.79 Å². The Balaban J connectivity index is 2.40. The van der Waals surface area contributed by atoms with Gasteiger partial charge in [-0.3, -0.25) is 4.79 Å². The highest BCUT2D eigenvalue weighted by atomic mass is 32.1. The molecule has 1 amide bonds. The van der Waals surface area contributed by atoms with Gasteiger partial charge in [0.2, 0.25) is 5.91 Å². The summed E-state index contributed by atoms with van der Waals surface area (Å²) in [5.41, 5.74) is 5.52. The van der Waals surface area contributed by atoms with E-state index in [1.165, 1.54) is 32.1 Å². The molecular weight excluding hydrogens is 268 g/mol. The number of rotatable bonds is 8. The molecular formula is C16H30N2OS. The van der Waals surface area contributed by atoms with E-state index in [2.05, 4.69) is 12.2 Å². The summed E-state index contributed by atoms with van der Waals surface area (Å²) in [5.74, 6) is 0.121. The molecule has 0 aromatic heterocycles. The molecule has 4 heteroatoms. The fourth-order valence-corrected chi connectivity index (χ4v) is 3.24. The third-order valence-electron chi connectivity index (χ3n) is 4.31. The molecule has 3 N–H and O–H groups in total. The van der Waals surface area contributed by atoms with Crippen LogP contribution >= 0.6 is 12.2 Å². The molecule has 0 heterocycles. The molecule has 0 atom stereocenters. The van der Waals surface area contributed by atoms with Crippen LogP contribution < -0.4 is 11.1 Å². The zero-order valence-corrected chi connectivity index (χ0v) is 13.7. The Morgan fingerprint density at radius 1 is 1.10 bits per heavy atom. The van der Waals surface area contributed by atoms with Gasteiger partial charge in [0.25, 0.3) is 0 Å². The summed E-state index contributed by atoms with van der Waals surface area (Å²) >= 11 is 5.24. The number of thiocarbonyl (C=S) groups is 1. The maximum atomic E-state index is 12.1. The molecule has 0 radical (unpaired) electrons. The van der Waals surface area contributed by atoms with Crippen molar-refractivity contribution in [2.24, 2.45) is 5.73 Å². The van der Waals surface area contributed by atoms with E-state index in [4.69, 9.17) is 18.0 Å². The smallest absolute Gasteiger partial charge is 0.220 e. The van der Waals surface area contributed by atoms with E-state index in [0.29, 0.717) is 11.4 Å². The van der Waals surface area contributed by atoms with Gasteiger partial charge in [-0.25, -0.2) is 0 Å². The maximum absolute atomic E-state index is 12.1. The SMILES string of the molecule is CCCCCCCC(=O)NC1(C(N)=S)CCCCCC1. The van der Waals surface area contributed by atoms with Gasteiger partial charge in [-0.1, -0.05) is 70.5 Å². The first kappa shape index (κ1) is 17.4. The minimum Gasteiger partial charge on any atom is -0.391 e. The highest BCUT2D eigenvalue weighted by Crippen LogP contribution is 2.27. The standard InChI is InChI=1S/C16H30N2OS/c1-2-3-4-5-8-11-14(19)18-16(15(17)20)12-9-6-7-10-13-16/h2-13H2,1H3,(H2,17,20)(H,18,19). The lowest BCUT2D eigenvalue weighted by molar-refractivity contribution is -0.122. The molecule has 0 aromatic carbocycles. The molecule has 1 aliphatic carbocycles. The average Bonchev–Trinajstić information content (AvgIpc) is 2.65. The maximum Gasteiger partial charge on any atom is 0.220 e. The van der Waals surface area contributed by atoms with E-state index in [1.807, 2.05) is 0 Å². The Bertz CT molecular complexity index is 310. The first-order valence-corrected chi connectivity index (χ1v) is 8.62. The van der Waals surface area contributed by atoms with Gasteiger partial charge in [0.05, 0.1) is 10.5 Å². The summed E-state index contributed by atoms with van der Waals surface area (Å²) in [7, 11) is 0. The van der Waals surface area contributed by atoms with E-state index >= 15 is 0 Å². The van der Waals surface area contributed by atoms with Crippen LogP contribution in [-0.2, 0) is 4.79 Å². The van der Waals surface area contributed by atoms with Gasteiger partial charge < -0.3 is 11.1 Å². The van der Waals surface area contributed by atoms with Crippen molar-refractivity contribution in [1.82, 2.24) is 5.32 Å². The van der Waals surface area contributed by atoms with Gasteiger partial charge >= 0.3 is 0 Å². The molecule has 1 saturated carbocycles. The van der Waals surface area contributed by atoms with E-state index in [9.17, 15) is 4.79 Å². The van der Waals surface area contributed by atoms with Gasteiger partial charge in [-0.15, -0.1) is 0 Å². The van der Waals surface area contributed by atoms with Gasteiger partial charge in [-0.05, 0) is 19.3 Å². The molecule has 1 aliphatic rings. The molecule has 1 fully saturated rings. The molecule has 3 nitrogen and oxygen atoms in total. The fourth-order valence-electron chi connectivity index (χ4n) is 2.98. The van der Waals surface area contributed by atoms with Crippen LogP contribution in [-0.4, -0.2) is 16.4 Å². The topological polar surface area (TPSA) is 55.1 Å². The number of unbranched alkanes of at least 4 members (excludes halogenated alkanes) is 4. The summed E-state index contributed by atoms with van der Waals surface area (Å²) in [6.07, 6.45) is 12.9. The highest BCUT2D eigenvalue weighted by Gasteiger charge is 2.35. The Morgan fingerprint density at radius 2 is 1.70 bits per heavy atom. The summed E-state index contributed by atoms with van der Waals surface area (Å²) < 4.78 is 0. The lowest BCUT2D eigenvalue weighted by atomic mass is 9.89. The minimum atomic E-state index is -0.410. The van der Waals surface area contributed by atoms with E-state index in [1.54, 1.807) is 0 Å². The summed E-state index contributed by atoms with van der Waals surface area (Å²) in [4.78, 5) is 12.6. The number of carbonyl (C=O) groups is 1. The van der Waals surface area contributed by atoms with Crippen LogP contribution in [0.5, 0.6) is 0 Å². The summed E-state index contributed by atoms with van der Waals surface area (Å²) in [6.45, 7) is 2.20. The van der Waals surface area contributed by atoms with Crippen LogP contribution in [0.4, 0.5) is 0 Å². The van der Waals surface area contributed by atoms with Crippen LogP contribution in [0.15, 0.2) is 0 Å². The molecule has 0 aliphatic heterocycles. The second-order valence-corrected chi connectivity index (χ2v) is 6.51. The fraction of sp³-hybridized carbons (Fsp3) is 0.875. The monoisotopic (exact) mass is 298 g/mol. The second kappa shape index (κ2) is 9.32. The first-order chi connectivity index (χ1) is 9.60. The third kappa shape index (κ3) is 5.78. The van der Waals surface area contributed by atoms with Crippen LogP contribution in [0.3, 0.4) is 0 Å². The second-order valence-electron chi connectivity index (χ2n) is 6.07. The predicted octanol–water partition coefficient (Wildman–Crippen LogP) is 3.84. The molecule has 0 unspecified atom stereocenters. The van der Waals surface area contributed by atoms with Gasteiger partial charge in [0, 0.05) is 6.42 Å². The van der Waals surface area contributed by atoms with Gasteiger partial charge in [-0.2, -0.15) is 0 Å². The van der Waals surface area contributed by atoms with Gasteiger partial charge in [0.15, 0.2) is 0 Å². The Hall–Kier alpha value is -0.640. The number of hydrogen-bond acceptors (Lipinski definition) is 2. The molecule has 0 bridgehead atoms. The lowest BCUT2D eigenvalue weighted by Crippen LogP contribution is -2.56. The van der Waals surface area contributed by atoms with Gasteiger partial charge in [0.1, 0.15) is 0 Å². The number of amides is 1. The molecule has 0 spiro atoms. The molecule has 20 heavy (non-hydrogen) atoms. The van der Waals surface area contributed by atoms with E-state index in [0.717, 1.165) is 38.5 Å². The Kier molecular flexibility index (Phi) is 8.12. The van der Waals surface area contributed by atoms with Crippen molar-refractivity contribution >= 4 is 23.1 Å². The zero-order valence-electron chi connectivity index (χ0n) is 12.9. The van der Waals surface area contributed by atoms with E-state index < -0.39 is 5.54 Å². The number of carbonyl (C=O) groups excluding carboxylic acids is 1. The Labute approximate surface area is 129 Å². The molecule has 116 valence electrons. The minimum absolute atomic E-state index is 0.121. The predicted molar refractivity (Wildman–Crippen MR) is 88.7 cm³/mol. The van der Waals surface area contributed by atoms with E-state index in [-0.39, 0.29) is 5.91 Å². The largest absolute Gasteiger partial charge is 0.391 e. The first-order valence-electron chi connectivity index (χ1n) is 8.21. The van der Waals surface area contributed by atoms with Crippen molar-refractivity contribution in [1.29, 1.82) is 0 Å². The third-order valence-corrected chi connectivity index (χ3v) is 4.71. The quantitative estimate of drug-likeness (QED) is 0.406. The average molecular weight is 298 g/mol. The molecule has 0 aromatic rings. The summed E-state index contributed by atoms with van der Waals surface area (Å²) in [5, 5.41) is 3.16. The van der Waals surface area contributed by atoms with Crippen molar-refractivity contribution in [3.05, 3.63) is 0 Å². The zero-order chi connectivity index (χ0) is 14.8. The van der Waals surface area contributed by atoms with Crippen LogP contribution in [0.2, 0.25) is 0 Å². The van der Waals surface area contributed by atoms with Crippen molar-refractivity contribution in [3.63, 3.8) is 0 Å². The van der Waals surface area contributed by atoms with Crippen LogP contribution in [0.25, 0.3) is 0 Å². The van der Waals surface area contributed by atoms with Crippen molar-refractivity contribution in [2.45, 2.75) is 89.5 Å². The number of hydrogen-bond donors (Lipinski definition) is 2. The normalized spacial score (nSPS) is 18.2. The number of nitrogens with one attached hydrogen (secondary N) is 1. The van der Waals surface area contributed by atoms with Crippen LogP contribution in [0.1, 0.15) is 84.0 Å².